The number of aryl methyl sites for hydroxylation is 1. The summed E-state index contributed by atoms with van der Waals surface area (Å²) < 4.78 is 0. The first-order valence-electron chi connectivity index (χ1n) is 8.33. The van der Waals surface area contributed by atoms with E-state index in [1.165, 1.54) is 22.4 Å². The lowest BCUT2D eigenvalue weighted by Gasteiger charge is -2.20. The highest BCUT2D eigenvalue weighted by molar-refractivity contribution is 7.10. The van der Waals surface area contributed by atoms with E-state index in [1.54, 1.807) is 11.3 Å². The number of nitrogens with one attached hydrogen (secondary N) is 2. The Bertz CT molecular complexity index is 638. The van der Waals surface area contributed by atoms with Crippen molar-refractivity contribution in [2.24, 2.45) is 0 Å². The maximum Gasteiger partial charge on any atom is 0.222 e. The van der Waals surface area contributed by atoms with Crippen LogP contribution in [0.2, 0.25) is 0 Å². The van der Waals surface area contributed by atoms with E-state index in [9.17, 15) is 4.79 Å². The molecule has 1 aliphatic heterocycles. The van der Waals surface area contributed by atoms with Gasteiger partial charge < -0.3 is 10.6 Å². The SMILES string of the molecule is Cc1ccsc1C(Cc1ccccc1)NC(=O)CC1CCCN1.Cl. The smallest absolute Gasteiger partial charge is 0.222 e. The third-order valence-corrected chi connectivity index (χ3v) is 5.56. The highest BCUT2D eigenvalue weighted by Gasteiger charge is 2.22. The van der Waals surface area contributed by atoms with Crippen molar-refractivity contribution in [1.82, 2.24) is 10.6 Å². The molecule has 2 unspecified atom stereocenters. The molecule has 0 radical (unpaired) electrons. The molecule has 2 atom stereocenters. The normalized spacial score (nSPS) is 18.0. The number of amides is 1. The van der Waals surface area contributed by atoms with Gasteiger partial charge in [0.2, 0.25) is 5.91 Å². The van der Waals surface area contributed by atoms with E-state index < -0.39 is 0 Å². The summed E-state index contributed by atoms with van der Waals surface area (Å²) >= 11 is 1.73. The highest BCUT2D eigenvalue weighted by atomic mass is 35.5. The Labute approximate surface area is 154 Å². The molecule has 2 N–H and O–H groups in total. The fourth-order valence-electron chi connectivity index (χ4n) is 3.21. The van der Waals surface area contributed by atoms with Gasteiger partial charge in [-0.2, -0.15) is 0 Å². The average molecular weight is 365 g/mol. The number of hydrogen-bond acceptors (Lipinski definition) is 3. The van der Waals surface area contributed by atoms with Gasteiger partial charge in [-0.1, -0.05) is 30.3 Å². The Morgan fingerprint density at radius 1 is 1.33 bits per heavy atom. The third kappa shape index (κ3) is 5.07. The number of carbonyl (C=O) groups excluding carboxylic acids is 1. The molecule has 1 aromatic carbocycles. The number of carbonyl (C=O) groups is 1. The molecule has 0 aliphatic carbocycles. The molecule has 130 valence electrons. The number of rotatable bonds is 6. The summed E-state index contributed by atoms with van der Waals surface area (Å²) in [6.07, 6.45) is 3.70. The van der Waals surface area contributed by atoms with E-state index in [1.807, 2.05) is 6.07 Å². The predicted octanol–water partition coefficient (Wildman–Crippen LogP) is 4.02. The van der Waals surface area contributed by atoms with E-state index in [-0.39, 0.29) is 24.4 Å². The van der Waals surface area contributed by atoms with Crippen LogP contribution >= 0.6 is 23.7 Å². The van der Waals surface area contributed by atoms with Crippen molar-refractivity contribution in [3.05, 3.63) is 57.8 Å². The fourth-order valence-corrected chi connectivity index (χ4v) is 4.19. The van der Waals surface area contributed by atoms with Crippen LogP contribution in [-0.4, -0.2) is 18.5 Å². The predicted molar refractivity (Wildman–Crippen MR) is 103 cm³/mol. The first kappa shape index (κ1) is 19.0. The lowest BCUT2D eigenvalue weighted by Crippen LogP contribution is -2.35. The Morgan fingerprint density at radius 3 is 2.75 bits per heavy atom. The lowest BCUT2D eigenvalue weighted by molar-refractivity contribution is -0.122. The van der Waals surface area contributed by atoms with E-state index in [0.717, 1.165) is 19.4 Å². The average Bonchev–Trinajstić information content (AvgIpc) is 3.19. The summed E-state index contributed by atoms with van der Waals surface area (Å²) in [5.41, 5.74) is 2.51. The minimum absolute atomic E-state index is 0. The second-order valence-electron chi connectivity index (χ2n) is 6.28. The van der Waals surface area contributed by atoms with Crippen molar-refractivity contribution in [2.45, 2.75) is 44.7 Å². The number of hydrogen-bond donors (Lipinski definition) is 2. The molecule has 1 aliphatic rings. The Balaban J connectivity index is 0.00000208. The van der Waals surface area contributed by atoms with E-state index in [2.05, 4.69) is 53.3 Å². The van der Waals surface area contributed by atoms with Crippen LogP contribution in [0, 0.1) is 6.92 Å². The van der Waals surface area contributed by atoms with Crippen LogP contribution in [0.3, 0.4) is 0 Å². The summed E-state index contributed by atoms with van der Waals surface area (Å²) in [4.78, 5) is 13.7. The van der Waals surface area contributed by atoms with E-state index in [4.69, 9.17) is 0 Å². The monoisotopic (exact) mass is 364 g/mol. The Morgan fingerprint density at radius 2 is 2.12 bits per heavy atom. The third-order valence-electron chi connectivity index (χ3n) is 4.43. The Kier molecular flexibility index (Phi) is 7.28. The quantitative estimate of drug-likeness (QED) is 0.812. The van der Waals surface area contributed by atoms with Crippen LogP contribution in [0.4, 0.5) is 0 Å². The molecule has 0 bridgehead atoms. The largest absolute Gasteiger partial charge is 0.348 e. The van der Waals surface area contributed by atoms with Gasteiger partial charge in [0.1, 0.15) is 0 Å². The summed E-state index contributed by atoms with van der Waals surface area (Å²) in [5.74, 6) is 0.151. The lowest BCUT2D eigenvalue weighted by atomic mass is 10.0. The van der Waals surface area contributed by atoms with E-state index >= 15 is 0 Å². The molecule has 24 heavy (non-hydrogen) atoms. The molecule has 1 amide bonds. The van der Waals surface area contributed by atoms with Crippen LogP contribution in [0.1, 0.15) is 41.3 Å². The maximum atomic E-state index is 12.5. The zero-order chi connectivity index (χ0) is 16.1. The molecule has 2 aromatic rings. The van der Waals surface area contributed by atoms with Crippen molar-refractivity contribution < 1.29 is 4.79 Å². The molecule has 5 heteroatoms. The maximum absolute atomic E-state index is 12.5. The van der Waals surface area contributed by atoms with Crippen molar-refractivity contribution in [3.8, 4) is 0 Å². The van der Waals surface area contributed by atoms with E-state index in [0.29, 0.717) is 12.5 Å². The van der Waals surface area contributed by atoms with Crippen LogP contribution < -0.4 is 10.6 Å². The molecule has 3 rings (SSSR count). The summed E-state index contributed by atoms with van der Waals surface area (Å²) in [6.45, 7) is 3.16. The molecule has 1 fully saturated rings. The second kappa shape index (κ2) is 9.21. The van der Waals surface area contributed by atoms with Gasteiger partial charge in [0.25, 0.3) is 0 Å². The molecular formula is C19H25ClN2OS. The minimum Gasteiger partial charge on any atom is -0.348 e. The van der Waals surface area contributed by atoms with Gasteiger partial charge >= 0.3 is 0 Å². The van der Waals surface area contributed by atoms with Crippen LogP contribution in [0.15, 0.2) is 41.8 Å². The van der Waals surface area contributed by atoms with Crippen molar-refractivity contribution in [1.29, 1.82) is 0 Å². The summed E-state index contributed by atoms with van der Waals surface area (Å²) in [5, 5.41) is 8.77. The van der Waals surface area contributed by atoms with Crippen LogP contribution in [0.5, 0.6) is 0 Å². The standard InChI is InChI=1S/C19H24N2OS.ClH/c1-14-9-11-23-19(14)17(12-15-6-3-2-4-7-15)21-18(22)13-16-8-5-10-20-16;/h2-4,6-7,9,11,16-17,20H,5,8,10,12-13H2,1H3,(H,21,22);1H. The van der Waals surface area contributed by atoms with Gasteiger partial charge in [-0.15, -0.1) is 23.7 Å². The van der Waals surface area contributed by atoms with Gasteiger partial charge in [0.15, 0.2) is 0 Å². The second-order valence-corrected chi connectivity index (χ2v) is 7.22. The van der Waals surface area contributed by atoms with Gasteiger partial charge in [-0.3, -0.25) is 4.79 Å². The van der Waals surface area contributed by atoms with Crippen molar-refractivity contribution >= 4 is 29.7 Å². The highest BCUT2D eigenvalue weighted by Crippen LogP contribution is 2.27. The topological polar surface area (TPSA) is 41.1 Å². The van der Waals surface area contributed by atoms with Crippen LogP contribution in [-0.2, 0) is 11.2 Å². The van der Waals surface area contributed by atoms with Gasteiger partial charge in [0.05, 0.1) is 6.04 Å². The molecule has 2 heterocycles. The number of thiophene rings is 1. The van der Waals surface area contributed by atoms with Gasteiger partial charge in [-0.05, 0) is 55.3 Å². The number of benzene rings is 1. The molecule has 0 spiro atoms. The van der Waals surface area contributed by atoms with Crippen molar-refractivity contribution in [3.63, 3.8) is 0 Å². The van der Waals surface area contributed by atoms with Gasteiger partial charge in [0, 0.05) is 17.3 Å². The molecular weight excluding hydrogens is 340 g/mol. The number of halogens is 1. The summed E-state index contributed by atoms with van der Waals surface area (Å²) in [7, 11) is 0. The zero-order valence-electron chi connectivity index (χ0n) is 14.0. The first-order chi connectivity index (χ1) is 11.2. The molecule has 1 saturated heterocycles. The summed E-state index contributed by atoms with van der Waals surface area (Å²) in [6, 6.07) is 12.9. The molecule has 0 saturated carbocycles. The fraction of sp³-hybridized carbons (Fsp3) is 0.421. The van der Waals surface area contributed by atoms with Crippen LogP contribution in [0.25, 0.3) is 0 Å². The minimum atomic E-state index is 0. The first-order valence-corrected chi connectivity index (χ1v) is 9.21. The zero-order valence-corrected chi connectivity index (χ0v) is 15.6. The molecule has 1 aromatic heterocycles. The Hall–Kier alpha value is -1.36. The van der Waals surface area contributed by atoms with Crippen molar-refractivity contribution in [2.75, 3.05) is 6.54 Å². The molecule has 3 nitrogen and oxygen atoms in total. The van der Waals surface area contributed by atoms with Gasteiger partial charge in [-0.25, -0.2) is 0 Å².